The third-order valence-corrected chi connectivity index (χ3v) is 4.72. The van der Waals surface area contributed by atoms with E-state index in [2.05, 4.69) is 41.7 Å². The fraction of sp³-hybridized carbons (Fsp3) is 0.615. The van der Waals surface area contributed by atoms with Crippen LogP contribution in [0.15, 0.2) is 22.5 Å². The van der Waals surface area contributed by atoms with Crippen molar-refractivity contribution in [3.8, 4) is 0 Å². The number of rotatable bonds is 5. The average Bonchev–Trinajstić information content (AvgIpc) is 2.89. The van der Waals surface area contributed by atoms with E-state index in [1.165, 1.54) is 17.1 Å². The van der Waals surface area contributed by atoms with Crippen molar-refractivity contribution in [1.82, 2.24) is 5.32 Å². The summed E-state index contributed by atoms with van der Waals surface area (Å²) in [6.07, 6.45) is 2.31. The normalized spacial score (nSPS) is 22.3. The number of aliphatic imine (C=N–C) groups is 1. The van der Waals surface area contributed by atoms with Crippen LogP contribution in [0.25, 0.3) is 0 Å². The van der Waals surface area contributed by atoms with Gasteiger partial charge < -0.3 is 5.32 Å². The Balaban J connectivity index is 1.72. The Bertz CT molecular complexity index is 358. The van der Waals surface area contributed by atoms with Crippen LogP contribution < -0.4 is 5.32 Å². The molecule has 0 spiro atoms. The van der Waals surface area contributed by atoms with Gasteiger partial charge in [-0.2, -0.15) is 0 Å². The molecule has 0 amide bonds. The second-order valence-corrected chi connectivity index (χ2v) is 6.84. The van der Waals surface area contributed by atoms with Gasteiger partial charge >= 0.3 is 0 Å². The highest BCUT2D eigenvalue weighted by Crippen LogP contribution is 2.19. The van der Waals surface area contributed by atoms with Crippen LogP contribution in [0.2, 0.25) is 0 Å². The van der Waals surface area contributed by atoms with Crippen LogP contribution in [0.3, 0.4) is 0 Å². The maximum Gasteiger partial charge on any atom is 0.156 e. The highest BCUT2D eigenvalue weighted by atomic mass is 32.2. The number of nitrogens with one attached hydrogen (secondary N) is 1. The Morgan fingerprint density at radius 1 is 1.53 bits per heavy atom. The lowest BCUT2D eigenvalue weighted by Gasteiger charge is -2.11. The molecule has 1 atom stereocenters. The van der Waals surface area contributed by atoms with Crippen molar-refractivity contribution in [3.05, 3.63) is 22.4 Å². The molecule has 2 heterocycles. The Labute approximate surface area is 112 Å². The highest BCUT2D eigenvalue weighted by molar-refractivity contribution is 8.14. The van der Waals surface area contributed by atoms with Gasteiger partial charge in [-0.15, -0.1) is 11.3 Å². The van der Waals surface area contributed by atoms with Crippen molar-refractivity contribution < 1.29 is 0 Å². The molecule has 1 fully saturated rings. The summed E-state index contributed by atoms with van der Waals surface area (Å²) in [5.41, 5.74) is 0. The van der Waals surface area contributed by atoms with Crippen LogP contribution >= 0.6 is 23.1 Å². The molecule has 1 aliphatic rings. The minimum Gasteiger partial charge on any atom is -0.361 e. The number of thioether (sulfide) groups is 1. The largest absolute Gasteiger partial charge is 0.361 e. The third-order valence-electron chi connectivity index (χ3n) is 2.70. The Morgan fingerprint density at radius 3 is 3.12 bits per heavy atom. The van der Waals surface area contributed by atoms with E-state index < -0.39 is 0 Å². The Hall–Kier alpha value is -0.480. The van der Waals surface area contributed by atoms with Crippen LogP contribution in [-0.4, -0.2) is 23.5 Å². The predicted molar refractivity (Wildman–Crippen MR) is 79.2 cm³/mol. The molecule has 1 saturated heterocycles. The van der Waals surface area contributed by atoms with Crippen LogP contribution in [0.4, 0.5) is 0 Å². The van der Waals surface area contributed by atoms with Gasteiger partial charge in [0.25, 0.3) is 0 Å². The van der Waals surface area contributed by atoms with Crippen LogP contribution in [-0.2, 0) is 6.42 Å². The summed E-state index contributed by atoms with van der Waals surface area (Å²) in [5.74, 6) is 1.94. The zero-order chi connectivity index (χ0) is 12.1. The molecule has 2 rings (SSSR count). The van der Waals surface area contributed by atoms with Gasteiger partial charge in [-0.25, -0.2) is 0 Å². The quantitative estimate of drug-likeness (QED) is 0.885. The molecular weight excluding hydrogens is 248 g/mol. The summed E-state index contributed by atoms with van der Waals surface area (Å²) in [6.45, 7) is 5.46. The molecule has 94 valence electrons. The van der Waals surface area contributed by atoms with Crippen molar-refractivity contribution in [3.63, 3.8) is 0 Å². The third kappa shape index (κ3) is 4.36. The molecule has 2 nitrogen and oxygen atoms in total. The standard InChI is InChI=1S/C13H20N2S2/c1-10(2)8-11-9-17-13(15-11)14-6-5-12-4-3-7-16-12/h3-4,7,10-11H,5-6,8-9H2,1-2H3,(H,14,15). The topological polar surface area (TPSA) is 24.4 Å². The zero-order valence-corrected chi connectivity index (χ0v) is 12.1. The molecule has 0 radical (unpaired) electrons. The molecule has 0 aliphatic carbocycles. The molecule has 0 bridgehead atoms. The van der Waals surface area contributed by atoms with Gasteiger partial charge in [-0.05, 0) is 23.8 Å². The minimum absolute atomic E-state index is 0.625. The van der Waals surface area contributed by atoms with Gasteiger partial charge in [0.1, 0.15) is 0 Å². The van der Waals surface area contributed by atoms with Gasteiger partial charge in [0, 0.05) is 29.6 Å². The maximum absolute atomic E-state index is 4.63. The number of thiophene rings is 1. The second kappa shape index (κ2) is 6.45. The summed E-state index contributed by atoms with van der Waals surface area (Å²) in [4.78, 5) is 6.06. The van der Waals surface area contributed by atoms with Gasteiger partial charge in [0.2, 0.25) is 0 Å². The maximum atomic E-state index is 4.63. The fourth-order valence-corrected chi connectivity index (χ4v) is 3.66. The second-order valence-electron chi connectivity index (χ2n) is 4.80. The fourth-order valence-electron chi connectivity index (χ4n) is 1.95. The Kier molecular flexibility index (Phi) is 4.92. The van der Waals surface area contributed by atoms with E-state index in [0.717, 1.165) is 24.1 Å². The van der Waals surface area contributed by atoms with Crippen molar-refractivity contribution >= 4 is 28.3 Å². The minimum atomic E-state index is 0.625. The zero-order valence-electron chi connectivity index (χ0n) is 10.5. The molecule has 1 aliphatic heterocycles. The first-order chi connectivity index (χ1) is 8.24. The first kappa shape index (κ1) is 13.0. The molecule has 0 aromatic carbocycles. The highest BCUT2D eigenvalue weighted by Gasteiger charge is 2.20. The van der Waals surface area contributed by atoms with Gasteiger partial charge in [-0.3, -0.25) is 4.99 Å². The first-order valence-corrected chi connectivity index (χ1v) is 8.06. The predicted octanol–water partition coefficient (Wildman–Crippen LogP) is 3.40. The van der Waals surface area contributed by atoms with E-state index >= 15 is 0 Å². The summed E-state index contributed by atoms with van der Waals surface area (Å²) < 4.78 is 0. The van der Waals surface area contributed by atoms with Crippen LogP contribution in [0.1, 0.15) is 25.1 Å². The molecule has 4 heteroatoms. The van der Waals surface area contributed by atoms with Crippen molar-refractivity contribution in [2.75, 3.05) is 12.3 Å². The Morgan fingerprint density at radius 2 is 2.41 bits per heavy atom. The van der Waals surface area contributed by atoms with E-state index in [9.17, 15) is 0 Å². The van der Waals surface area contributed by atoms with E-state index in [4.69, 9.17) is 0 Å². The van der Waals surface area contributed by atoms with E-state index in [0.29, 0.717) is 6.04 Å². The van der Waals surface area contributed by atoms with Crippen LogP contribution in [0.5, 0.6) is 0 Å². The lowest BCUT2D eigenvalue weighted by Crippen LogP contribution is -2.28. The van der Waals surface area contributed by atoms with Crippen molar-refractivity contribution in [2.45, 2.75) is 32.7 Å². The molecule has 0 saturated carbocycles. The van der Waals surface area contributed by atoms with Gasteiger partial charge in [0.05, 0.1) is 0 Å². The molecule has 1 N–H and O–H groups in total. The lowest BCUT2D eigenvalue weighted by atomic mass is 10.1. The van der Waals surface area contributed by atoms with Gasteiger partial charge in [0.15, 0.2) is 5.17 Å². The van der Waals surface area contributed by atoms with E-state index in [1.807, 2.05) is 23.1 Å². The van der Waals surface area contributed by atoms with Crippen LogP contribution in [0, 0.1) is 5.92 Å². The molecule has 17 heavy (non-hydrogen) atoms. The lowest BCUT2D eigenvalue weighted by molar-refractivity contribution is 0.502. The monoisotopic (exact) mass is 268 g/mol. The van der Waals surface area contributed by atoms with Crippen molar-refractivity contribution in [1.29, 1.82) is 0 Å². The summed E-state index contributed by atoms with van der Waals surface area (Å²) >= 11 is 3.69. The number of hydrogen-bond donors (Lipinski definition) is 1. The van der Waals surface area contributed by atoms with Gasteiger partial charge in [-0.1, -0.05) is 31.7 Å². The number of nitrogens with zero attached hydrogens (tertiary/aromatic N) is 1. The first-order valence-electron chi connectivity index (χ1n) is 6.20. The van der Waals surface area contributed by atoms with Crippen molar-refractivity contribution in [2.24, 2.45) is 10.9 Å². The summed E-state index contributed by atoms with van der Waals surface area (Å²) in [5, 5.41) is 6.79. The average molecular weight is 268 g/mol. The number of hydrogen-bond acceptors (Lipinski definition) is 3. The SMILES string of the molecule is CC(C)CC1CSC(=NCCc2cccs2)N1. The molecule has 1 aromatic rings. The van der Waals surface area contributed by atoms with E-state index in [1.54, 1.807) is 0 Å². The summed E-state index contributed by atoms with van der Waals surface area (Å²) in [7, 11) is 0. The number of amidine groups is 1. The smallest absolute Gasteiger partial charge is 0.156 e. The van der Waals surface area contributed by atoms with E-state index in [-0.39, 0.29) is 0 Å². The molecular formula is C13H20N2S2. The molecule has 1 aromatic heterocycles. The molecule has 1 unspecified atom stereocenters. The summed E-state index contributed by atoms with van der Waals surface area (Å²) in [6, 6.07) is 4.91.